The standard InChI is InChI=1S/C11H14N4O/c12-5-9-6-15-10(7-14-9)16-8-11(13)3-1-2-4-11/h6-7H,1-4,8,13H2. The third-order valence-corrected chi connectivity index (χ3v) is 2.85. The van der Waals surface area contributed by atoms with E-state index in [4.69, 9.17) is 15.7 Å². The van der Waals surface area contributed by atoms with Gasteiger partial charge in [-0.25, -0.2) is 9.97 Å². The summed E-state index contributed by atoms with van der Waals surface area (Å²) < 4.78 is 5.48. The molecule has 16 heavy (non-hydrogen) atoms. The normalized spacial score (nSPS) is 18.0. The van der Waals surface area contributed by atoms with Crippen molar-refractivity contribution in [1.82, 2.24) is 9.97 Å². The van der Waals surface area contributed by atoms with Crippen molar-refractivity contribution in [2.75, 3.05) is 6.61 Å². The highest BCUT2D eigenvalue weighted by molar-refractivity contribution is 5.18. The van der Waals surface area contributed by atoms with Crippen molar-refractivity contribution < 1.29 is 4.74 Å². The van der Waals surface area contributed by atoms with Gasteiger partial charge in [0, 0.05) is 0 Å². The summed E-state index contributed by atoms with van der Waals surface area (Å²) in [5.74, 6) is 0.427. The Labute approximate surface area is 94.3 Å². The lowest BCUT2D eigenvalue weighted by atomic mass is 10.0. The lowest BCUT2D eigenvalue weighted by Crippen LogP contribution is -2.42. The average molecular weight is 218 g/mol. The Morgan fingerprint density at radius 1 is 1.38 bits per heavy atom. The summed E-state index contributed by atoms with van der Waals surface area (Å²) in [5.41, 5.74) is 6.21. The summed E-state index contributed by atoms with van der Waals surface area (Å²) in [7, 11) is 0. The lowest BCUT2D eigenvalue weighted by molar-refractivity contribution is 0.212. The first kappa shape index (κ1) is 10.8. The van der Waals surface area contributed by atoms with E-state index in [0.717, 1.165) is 12.8 Å². The molecule has 0 spiro atoms. The predicted molar refractivity (Wildman–Crippen MR) is 57.6 cm³/mol. The molecule has 2 N–H and O–H groups in total. The molecule has 0 unspecified atom stereocenters. The Morgan fingerprint density at radius 3 is 2.69 bits per heavy atom. The first-order valence-electron chi connectivity index (χ1n) is 5.36. The van der Waals surface area contributed by atoms with Crippen molar-refractivity contribution >= 4 is 0 Å². The SMILES string of the molecule is N#Cc1cnc(OCC2(N)CCCC2)cn1. The van der Waals surface area contributed by atoms with Crippen molar-refractivity contribution in [1.29, 1.82) is 5.26 Å². The Kier molecular flexibility index (Phi) is 3.02. The summed E-state index contributed by atoms with van der Waals surface area (Å²) in [6.07, 6.45) is 7.18. The van der Waals surface area contributed by atoms with Gasteiger partial charge in [0.05, 0.1) is 17.9 Å². The van der Waals surface area contributed by atoms with E-state index < -0.39 is 0 Å². The first-order valence-corrected chi connectivity index (χ1v) is 5.36. The number of rotatable bonds is 3. The minimum Gasteiger partial charge on any atom is -0.475 e. The molecular formula is C11H14N4O. The molecule has 0 aromatic carbocycles. The predicted octanol–water partition coefficient (Wildman–Crippen LogP) is 0.999. The molecule has 5 nitrogen and oxygen atoms in total. The molecule has 0 amide bonds. The molecule has 1 fully saturated rings. The molecule has 2 rings (SSSR count). The molecule has 1 heterocycles. The van der Waals surface area contributed by atoms with Crippen LogP contribution >= 0.6 is 0 Å². The van der Waals surface area contributed by atoms with E-state index in [-0.39, 0.29) is 11.2 Å². The van der Waals surface area contributed by atoms with Crippen molar-refractivity contribution in [3.05, 3.63) is 18.1 Å². The molecule has 0 bridgehead atoms. The average Bonchev–Trinajstić information content (AvgIpc) is 2.75. The third-order valence-electron chi connectivity index (χ3n) is 2.85. The molecule has 1 aromatic heterocycles. The highest BCUT2D eigenvalue weighted by atomic mass is 16.5. The number of nitriles is 1. The fourth-order valence-corrected chi connectivity index (χ4v) is 1.89. The summed E-state index contributed by atoms with van der Waals surface area (Å²) in [5, 5.41) is 8.56. The topological polar surface area (TPSA) is 84.8 Å². The first-order chi connectivity index (χ1) is 7.72. The molecule has 5 heteroatoms. The smallest absolute Gasteiger partial charge is 0.232 e. The fourth-order valence-electron chi connectivity index (χ4n) is 1.89. The van der Waals surface area contributed by atoms with Crippen LogP contribution in [0.5, 0.6) is 5.88 Å². The van der Waals surface area contributed by atoms with E-state index >= 15 is 0 Å². The van der Waals surface area contributed by atoms with Gasteiger partial charge in [-0.1, -0.05) is 12.8 Å². The molecular weight excluding hydrogens is 204 g/mol. The van der Waals surface area contributed by atoms with Crippen molar-refractivity contribution in [3.63, 3.8) is 0 Å². The van der Waals surface area contributed by atoms with Crippen LogP contribution in [-0.4, -0.2) is 22.1 Å². The van der Waals surface area contributed by atoms with Crippen molar-refractivity contribution in [2.24, 2.45) is 5.73 Å². The van der Waals surface area contributed by atoms with Crippen LogP contribution in [0.2, 0.25) is 0 Å². The Balaban J connectivity index is 1.92. The van der Waals surface area contributed by atoms with Gasteiger partial charge < -0.3 is 10.5 Å². The summed E-state index contributed by atoms with van der Waals surface area (Å²) in [6.45, 7) is 0.466. The number of hydrogen-bond donors (Lipinski definition) is 1. The third kappa shape index (κ3) is 2.47. The van der Waals surface area contributed by atoms with Crippen LogP contribution in [0, 0.1) is 11.3 Å². The van der Waals surface area contributed by atoms with Crippen molar-refractivity contribution in [3.8, 4) is 11.9 Å². The Bertz CT molecular complexity index is 389. The quantitative estimate of drug-likeness (QED) is 0.818. The number of ether oxygens (including phenoxy) is 1. The zero-order valence-corrected chi connectivity index (χ0v) is 9.02. The number of nitrogens with two attached hydrogens (primary N) is 1. The Morgan fingerprint density at radius 2 is 2.12 bits per heavy atom. The second-order valence-electron chi connectivity index (χ2n) is 4.21. The minimum atomic E-state index is -0.213. The van der Waals surface area contributed by atoms with Crippen LogP contribution in [0.3, 0.4) is 0 Å². The number of hydrogen-bond acceptors (Lipinski definition) is 5. The second kappa shape index (κ2) is 4.45. The number of aromatic nitrogens is 2. The Hall–Kier alpha value is -1.67. The highest BCUT2D eigenvalue weighted by Gasteiger charge is 2.30. The van der Waals surface area contributed by atoms with Crippen LogP contribution in [0.4, 0.5) is 0 Å². The van der Waals surface area contributed by atoms with Crippen LogP contribution < -0.4 is 10.5 Å². The summed E-state index contributed by atoms with van der Waals surface area (Å²) in [4.78, 5) is 7.85. The molecule has 0 atom stereocenters. The summed E-state index contributed by atoms with van der Waals surface area (Å²) in [6, 6.07) is 1.91. The van der Waals surface area contributed by atoms with Gasteiger partial charge in [0.15, 0.2) is 5.69 Å². The van der Waals surface area contributed by atoms with E-state index in [2.05, 4.69) is 9.97 Å². The second-order valence-corrected chi connectivity index (χ2v) is 4.21. The van der Waals surface area contributed by atoms with Crippen LogP contribution in [0.25, 0.3) is 0 Å². The molecule has 1 aromatic rings. The van der Waals surface area contributed by atoms with Gasteiger partial charge in [-0.15, -0.1) is 0 Å². The molecule has 84 valence electrons. The molecule has 1 aliphatic carbocycles. The van der Waals surface area contributed by atoms with Gasteiger partial charge in [-0.2, -0.15) is 5.26 Å². The molecule has 1 saturated carbocycles. The maximum Gasteiger partial charge on any atom is 0.232 e. The maximum atomic E-state index is 8.56. The molecule has 0 saturated heterocycles. The van der Waals surface area contributed by atoms with E-state index in [1.165, 1.54) is 25.2 Å². The van der Waals surface area contributed by atoms with Crippen LogP contribution in [0.15, 0.2) is 12.4 Å². The molecule has 1 aliphatic rings. The van der Waals surface area contributed by atoms with Crippen LogP contribution in [-0.2, 0) is 0 Å². The molecule has 0 radical (unpaired) electrons. The monoisotopic (exact) mass is 218 g/mol. The summed E-state index contributed by atoms with van der Waals surface area (Å²) >= 11 is 0. The van der Waals surface area contributed by atoms with Gasteiger partial charge in [0.25, 0.3) is 0 Å². The number of nitrogens with zero attached hydrogens (tertiary/aromatic N) is 3. The fraction of sp³-hybridized carbons (Fsp3) is 0.545. The zero-order chi connectivity index (χ0) is 11.4. The van der Waals surface area contributed by atoms with Gasteiger partial charge in [-0.05, 0) is 12.8 Å². The van der Waals surface area contributed by atoms with Crippen molar-refractivity contribution in [2.45, 2.75) is 31.2 Å². The van der Waals surface area contributed by atoms with Gasteiger partial charge >= 0.3 is 0 Å². The van der Waals surface area contributed by atoms with Gasteiger partial charge in [0.2, 0.25) is 5.88 Å². The highest BCUT2D eigenvalue weighted by Crippen LogP contribution is 2.27. The van der Waals surface area contributed by atoms with E-state index in [1.807, 2.05) is 6.07 Å². The minimum absolute atomic E-state index is 0.213. The molecule has 0 aliphatic heterocycles. The maximum absolute atomic E-state index is 8.56. The van der Waals surface area contributed by atoms with Crippen LogP contribution in [0.1, 0.15) is 31.4 Å². The zero-order valence-electron chi connectivity index (χ0n) is 9.02. The van der Waals surface area contributed by atoms with E-state index in [1.54, 1.807) is 0 Å². The van der Waals surface area contributed by atoms with E-state index in [0.29, 0.717) is 12.5 Å². The largest absolute Gasteiger partial charge is 0.475 e. The van der Waals surface area contributed by atoms with Gasteiger partial charge in [0.1, 0.15) is 12.7 Å². The van der Waals surface area contributed by atoms with E-state index in [9.17, 15) is 0 Å². The van der Waals surface area contributed by atoms with Gasteiger partial charge in [-0.3, -0.25) is 0 Å². The lowest BCUT2D eigenvalue weighted by Gasteiger charge is -2.22.